The number of anilines is 2. The van der Waals surface area contributed by atoms with Crippen molar-refractivity contribution >= 4 is 29.5 Å². The number of imide groups is 1. The van der Waals surface area contributed by atoms with Crippen LogP contribution in [0.15, 0.2) is 36.5 Å². The van der Waals surface area contributed by atoms with Crippen LogP contribution in [0.3, 0.4) is 0 Å². The molecule has 3 saturated heterocycles. The summed E-state index contributed by atoms with van der Waals surface area (Å²) in [6.45, 7) is 1.04. The molecule has 1 aromatic heterocycles. The number of nitrogens with one attached hydrogen (secondary N) is 1. The molecular formula is C25H27F3N6O4. The molecule has 2 aromatic rings. The molecule has 1 N–H and O–H groups in total. The Labute approximate surface area is 216 Å². The lowest BCUT2D eigenvalue weighted by Gasteiger charge is -2.35. The molecule has 2 atom stereocenters. The Morgan fingerprint density at radius 1 is 1.11 bits per heavy atom. The van der Waals surface area contributed by atoms with Crippen molar-refractivity contribution in [2.75, 3.05) is 36.5 Å². The van der Waals surface area contributed by atoms with Gasteiger partial charge in [0.15, 0.2) is 0 Å². The molecule has 0 saturated carbocycles. The second kappa shape index (κ2) is 10.1. The first-order valence-electron chi connectivity index (χ1n) is 12.4. The van der Waals surface area contributed by atoms with Gasteiger partial charge in [0.1, 0.15) is 17.5 Å². The van der Waals surface area contributed by atoms with Gasteiger partial charge in [-0.3, -0.25) is 9.59 Å². The highest BCUT2D eigenvalue weighted by molar-refractivity contribution is 6.21. The summed E-state index contributed by atoms with van der Waals surface area (Å²) in [5.41, 5.74) is -0.565. The van der Waals surface area contributed by atoms with Crippen molar-refractivity contribution in [2.24, 2.45) is 5.92 Å². The minimum atomic E-state index is -4.55. The third-order valence-electron chi connectivity index (χ3n) is 7.28. The number of benzene rings is 1. The smallest absolute Gasteiger partial charge is 0.433 e. The number of carbonyl (C=O) groups excluding carboxylic acids is 3. The van der Waals surface area contributed by atoms with E-state index < -0.39 is 17.9 Å². The molecule has 5 rings (SSSR count). The highest BCUT2D eigenvalue weighted by atomic mass is 19.4. The monoisotopic (exact) mass is 532 g/mol. The molecule has 0 unspecified atom stereocenters. The van der Waals surface area contributed by atoms with Crippen LogP contribution in [0.25, 0.3) is 0 Å². The van der Waals surface area contributed by atoms with Crippen LogP contribution in [-0.2, 0) is 15.8 Å². The van der Waals surface area contributed by atoms with E-state index in [1.165, 1.54) is 12.0 Å². The summed E-state index contributed by atoms with van der Waals surface area (Å²) in [4.78, 5) is 51.1. The van der Waals surface area contributed by atoms with Crippen LogP contribution in [0.2, 0.25) is 0 Å². The Morgan fingerprint density at radius 2 is 1.87 bits per heavy atom. The normalized spacial score (nSPS) is 22.5. The standard InChI is InChI=1S/C25H27F3N6O4/c1-38-18-4-2-3-17(14-18)34-22(36)19-13-16(8-12-33(19)24(34)37)30-21(35)15-6-10-32(11-7-15)23-29-9-5-20(31-23)25(26,27)28/h2-5,9,14-16,19H,6-8,10-13H2,1H3,(H,30,35)/t16-,19-/m0/s1. The Kier molecular flexibility index (Phi) is 6.84. The topological polar surface area (TPSA) is 108 Å². The maximum Gasteiger partial charge on any atom is 0.433 e. The predicted molar refractivity (Wildman–Crippen MR) is 130 cm³/mol. The molecular weight excluding hydrogens is 505 g/mol. The number of methoxy groups -OCH3 is 1. The molecule has 0 aliphatic carbocycles. The number of amides is 4. The van der Waals surface area contributed by atoms with Gasteiger partial charge >= 0.3 is 12.2 Å². The summed E-state index contributed by atoms with van der Waals surface area (Å²) in [5.74, 6) is -0.282. The summed E-state index contributed by atoms with van der Waals surface area (Å²) in [5, 5.41) is 3.03. The van der Waals surface area contributed by atoms with E-state index in [0.29, 0.717) is 56.8 Å². The largest absolute Gasteiger partial charge is 0.497 e. The first-order valence-corrected chi connectivity index (χ1v) is 12.4. The number of halogens is 3. The minimum Gasteiger partial charge on any atom is -0.497 e. The lowest BCUT2D eigenvalue weighted by atomic mass is 9.93. The Morgan fingerprint density at radius 3 is 2.58 bits per heavy atom. The van der Waals surface area contributed by atoms with Gasteiger partial charge in [0.25, 0.3) is 5.91 Å². The van der Waals surface area contributed by atoms with E-state index in [0.717, 1.165) is 17.2 Å². The van der Waals surface area contributed by atoms with E-state index in [2.05, 4.69) is 15.3 Å². The number of carbonyl (C=O) groups is 3. The maximum atomic E-state index is 13.2. The van der Waals surface area contributed by atoms with Crippen molar-refractivity contribution < 1.29 is 32.3 Å². The number of alkyl halides is 3. The molecule has 13 heteroatoms. The fraction of sp³-hybridized carbons (Fsp3) is 0.480. The van der Waals surface area contributed by atoms with Crippen molar-refractivity contribution in [1.82, 2.24) is 20.2 Å². The number of ether oxygens (including phenoxy) is 1. The molecule has 0 spiro atoms. The van der Waals surface area contributed by atoms with E-state index >= 15 is 0 Å². The molecule has 0 radical (unpaired) electrons. The lowest BCUT2D eigenvalue weighted by molar-refractivity contribution is -0.141. The van der Waals surface area contributed by atoms with Gasteiger partial charge in [0.05, 0.1) is 12.8 Å². The quantitative estimate of drug-likeness (QED) is 0.590. The highest BCUT2D eigenvalue weighted by Crippen LogP contribution is 2.33. The molecule has 3 aliphatic rings. The zero-order valence-electron chi connectivity index (χ0n) is 20.6. The summed E-state index contributed by atoms with van der Waals surface area (Å²) in [6.07, 6.45) is -1.76. The van der Waals surface area contributed by atoms with Crippen LogP contribution in [0.4, 0.5) is 29.6 Å². The van der Waals surface area contributed by atoms with E-state index in [1.54, 1.807) is 29.2 Å². The number of aromatic nitrogens is 2. The van der Waals surface area contributed by atoms with Crippen LogP contribution in [0.1, 0.15) is 31.4 Å². The molecule has 3 aliphatic heterocycles. The van der Waals surface area contributed by atoms with Gasteiger partial charge in [-0.2, -0.15) is 13.2 Å². The summed E-state index contributed by atoms with van der Waals surface area (Å²) < 4.78 is 44.1. The van der Waals surface area contributed by atoms with Crippen molar-refractivity contribution in [3.63, 3.8) is 0 Å². The average Bonchev–Trinajstić information content (AvgIpc) is 3.17. The van der Waals surface area contributed by atoms with Crippen LogP contribution in [0, 0.1) is 5.92 Å². The number of fused-ring (bicyclic) bond motifs is 1. The van der Waals surface area contributed by atoms with Crippen molar-refractivity contribution in [3.8, 4) is 5.75 Å². The van der Waals surface area contributed by atoms with E-state index in [-0.39, 0.29) is 35.8 Å². The average molecular weight is 533 g/mol. The van der Waals surface area contributed by atoms with Crippen LogP contribution in [0.5, 0.6) is 5.75 Å². The molecule has 202 valence electrons. The number of rotatable bonds is 5. The Hall–Kier alpha value is -3.90. The summed E-state index contributed by atoms with van der Waals surface area (Å²) in [6, 6.07) is 6.25. The van der Waals surface area contributed by atoms with Gasteiger partial charge in [-0.15, -0.1) is 0 Å². The maximum absolute atomic E-state index is 13.2. The van der Waals surface area contributed by atoms with Gasteiger partial charge in [0.2, 0.25) is 11.9 Å². The molecule has 10 nitrogen and oxygen atoms in total. The Balaban J connectivity index is 1.17. The SMILES string of the molecule is COc1cccc(N2C(=O)[C@@H]3C[C@@H](NC(=O)C4CCN(c5nccc(C(F)(F)F)n5)CC4)CCN3C2=O)c1. The zero-order chi connectivity index (χ0) is 27.0. The molecule has 4 amide bonds. The summed E-state index contributed by atoms with van der Waals surface area (Å²) >= 11 is 0. The van der Waals surface area contributed by atoms with Crippen molar-refractivity contribution in [3.05, 3.63) is 42.2 Å². The number of piperidine rings is 2. The summed E-state index contributed by atoms with van der Waals surface area (Å²) in [7, 11) is 1.51. The van der Waals surface area contributed by atoms with Crippen molar-refractivity contribution in [1.29, 1.82) is 0 Å². The molecule has 4 heterocycles. The molecule has 0 bridgehead atoms. The van der Waals surface area contributed by atoms with Gasteiger partial charge in [0, 0.05) is 43.9 Å². The van der Waals surface area contributed by atoms with Gasteiger partial charge in [-0.1, -0.05) is 6.07 Å². The van der Waals surface area contributed by atoms with E-state index in [1.807, 2.05) is 0 Å². The van der Waals surface area contributed by atoms with Crippen molar-refractivity contribution in [2.45, 2.75) is 43.9 Å². The van der Waals surface area contributed by atoms with Gasteiger partial charge in [-0.25, -0.2) is 19.7 Å². The minimum absolute atomic E-state index is 0.00365. The first kappa shape index (κ1) is 25.7. The molecule has 3 fully saturated rings. The third kappa shape index (κ3) is 4.96. The highest BCUT2D eigenvalue weighted by Gasteiger charge is 2.49. The number of hydrogen-bond acceptors (Lipinski definition) is 7. The van der Waals surface area contributed by atoms with Crippen LogP contribution < -0.4 is 19.9 Å². The predicted octanol–water partition coefficient (Wildman–Crippen LogP) is 2.84. The zero-order valence-corrected chi connectivity index (χ0v) is 20.6. The fourth-order valence-corrected chi connectivity index (χ4v) is 5.24. The third-order valence-corrected chi connectivity index (χ3v) is 7.28. The van der Waals surface area contributed by atoms with Crippen LogP contribution >= 0.6 is 0 Å². The van der Waals surface area contributed by atoms with Gasteiger partial charge < -0.3 is 19.9 Å². The second-order valence-electron chi connectivity index (χ2n) is 9.60. The lowest BCUT2D eigenvalue weighted by Crippen LogP contribution is -2.51. The van der Waals surface area contributed by atoms with Crippen LogP contribution in [-0.4, -0.2) is 71.5 Å². The van der Waals surface area contributed by atoms with E-state index in [9.17, 15) is 27.6 Å². The molecule has 1 aromatic carbocycles. The second-order valence-corrected chi connectivity index (χ2v) is 9.60. The number of urea groups is 1. The first-order chi connectivity index (χ1) is 18.2. The van der Waals surface area contributed by atoms with E-state index in [4.69, 9.17) is 4.74 Å². The molecule has 38 heavy (non-hydrogen) atoms. The fourth-order valence-electron chi connectivity index (χ4n) is 5.24. The number of hydrogen-bond donors (Lipinski definition) is 1. The Bertz CT molecular complexity index is 1230. The van der Waals surface area contributed by atoms with Gasteiger partial charge in [-0.05, 0) is 43.9 Å². The number of nitrogens with zero attached hydrogens (tertiary/aromatic N) is 5.